The summed E-state index contributed by atoms with van der Waals surface area (Å²) in [6.45, 7) is 3.02. The lowest BCUT2D eigenvalue weighted by Crippen LogP contribution is -2.17. The highest BCUT2D eigenvalue weighted by Gasteiger charge is 2.10. The molecule has 0 saturated heterocycles. The maximum Gasteiger partial charge on any atom is 0.0645 e. The van der Waals surface area contributed by atoms with Gasteiger partial charge in [-0.15, -0.1) is 11.3 Å². The minimum Gasteiger partial charge on any atom is -0.305 e. The van der Waals surface area contributed by atoms with Crippen molar-refractivity contribution in [3.63, 3.8) is 0 Å². The van der Waals surface area contributed by atoms with Gasteiger partial charge in [0.25, 0.3) is 0 Å². The molecule has 0 amide bonds. The number of halogens is 1. The second-order valence-corrected chi connectivity index (χ2v) is 6.70. The summed E-state index contributed by atoms with van der Waals surface area (Å²) in [7, 11) is 0. The number of nitrogens with one attached hydrogen (secondary N) is 1. The molecule has 1 N–H and O–H groups in total. The van der Waals surface area contributed by atoms with E-state index in [4.69, 9.17) is 0 Å². The highest BCUT2D eigenvalue weighted by Crippen LogP contribution is 2.23. The maximum absolute atomic E-state index is 4.44. The van der Waals surface area contributed by atoms with Gasteiger partial charge in [0.1, 0.15) is 0 Å². The molecule has 21 heavy (non-hydrogen) atoms. The molecule has 0 aliphatic rings. The van der Waals surface area contributed by atoms with E-state index in [0.29, 0.717) is 0 Å². The van der Waals surface area contributed by atoms with Crippen LogP contribution in [-0.2, 0) is 6.54 Å². The zero-order valence-corrected chi connectivity index (χ0v) is 14.1. The van der Waals surface area contributed by atoms with Gasteiger partial charge in [0.2, 0.25) is 0 Å². The van der Waals surface area contributed by atoms with Crippen molar-refractivity contribution in [2.75, 3.05) is 0 Å². The van der Waals surface area contributed by atoms with Crippen molar-refractivity contribution in [2.45, 2.75) is 19.5 Å². The molecule has 0 bridgehead atoms. The Morgan fingerprint density at radius 2 is 2.10 bits per heavy atom. The average Bonchev–Trinajstić information content (AvgIpc) is 3.15. The van der Waals surface area contributed by atoms with Gasteiger partial charge in [-0.2, -0.15) is 5.10 Å². The molecule has 1 aromatic carbocycles. The second kappa shape index (κ2) is 6.56. The third-order valence-corrected chi connectivity index (χ3v) is 5.31. The number of thiophene rings is 1. The zero-order valence-electron chi connectivity index (χ0n) is 11.7. The molecule has 5 heteroatoms. The monoisotopic (exact) mass is 361 g/mol. The topological polar surface area (TPSA) is 29.9 Å². The lowest BCUT2D eigenvalue weighted by atomic mass is 10.2. The van der Waals surface area contributed by atoms with Crippen LogP contribution in [0.4, 0.5) is 0 Å². The lowest BCUT2D eigenvalue weighted by molar-refractivity contribution is 0.578. The molecular formula is C16H16BrN3S. The van der Waals surface area contributed by atoms with Crippen LogP contribution < -0.4 is 5.32 Å². The SMILES string of the molecule is CC(NCc1sccc1Br)c1cnn(-c2ccccc2)c1. The molecule has 0 spiro atoms. The van der Waals surface area contributed by atoms with Gasteiger partial charge in [0, 0.05) is 33.7 Å². The van der Waals surface area contributed by atoms with Crippen molar-refractivity contribution in [1.29, 1.82) is 0 Å². The Morgan fingerprint density at radius 1 is 1.29 bits per heavy atom. The van der Waals surface area contributed by atoms with Gasteiger partial charge in [-0.05, 0) is 46.4 Å². The molecule has 3 rings (SSSR count). The lowest BCUT2D eigenvalue weighted by Gasteiger charge is -2.11. The molecule has 2 heterocycles. The van der Waals surface area contributed by atoms with E-state index in [1.165, 1.54) is 14.9 Å². The number of hydrogen-bond acceptors (Lipinski definition) is 3. The Morgan fingerprint density at radius 3 is 2.81 bits per heavy atom. The van der Waals surface area contributed by atoms with Gasteiger partial charge >= 0.3 is 0 Å². The van der Waals surface area contributed by atoms with Crippen molar-refractivity contribution in [1.82, 2.24) is 15.1 Å². The van der Waals surface area contributed by atoms with Gasteiger partial charge in [-0.25, -0.2) is 4.68 Å². The fourth-order valence-corrected chi connectivity index (χ4v) is 3.54. The Labute approximate surface area is 136 Å². The molecule has 0 saturated carbocycles. The van der Waals surface area contributed by atoms with E-state index >= 15 is 0 Å². The Bertz CT molecular complexity index is 705. The minimum atomic E-state index is 0.261. The molecule has 0 radical (unpaired) electrons. The van der Waals surface area contributed by atoms with Gasteiger partial charge in [0.15, 0.2) is 0 Å². The summed E-state index contributed by atoms with van der Waals surface area (Å²) in [5.41, 5.74) is 2.27. The highest BCUT2D eigenvalue weighted by atomic mass is 79.9. The number of hydrogen-bond donors (Lipinski definition) is 1. The predicted molar refractivity (Wildman–Crippen MR) is 90.8 cm³/mol. The number of benzene rings is 1. The summed E-state index contributed by atoms with van der Waals surface area (Å²) in [5, 5.41) is 10.1. The Kier molecular flexibility index (Phi) is 4.53. The van der Waals surface area contributed by atoms with Crippen LogP contribution in [0.1, 0.15) is 23.4 Å². The van der Waals surface area contributed by atoms with E-state index in [2.05, 4.69) is 63.0 Å². The third kappa shape index (κ3) is 3.43. The summed E-state index contributed by atoms with van der Waals surface area (Å²) < 4.78 is 3.08. The van der Waals surface area contributed by atoms with Crippen molar-refractivity contribution >= 4 is 27.3 Å². The van der Waals surface area contributed by atoms with Gasteiger partial charge in [0.05, 0.1) is 11.9 Å². The first-order chi connectivity index (χ1) is 10.2. The number of para-hydroxylation sites is 1. The second-order valence-electron chi connectivity index (χ2n) is 4.85. The Hall–Kier alpha value is -1.43. The molecule has 3 nitrogen and oxygen atoms in total. The number of aromatic nitrogens is 2. The standard InChI is InChI=1S/C16H16BrN3S/c1-12(18-10-16-15(17)7-8-21-16)13-9-19-20(11-13)14-5-3-2-4-6-14/h2-9,11-12,18H,10H2,1H3. The van der Waals surface area contributed by atoms with Crippen LogP contribution in [0, 0.1) is 0 Å². The van der Waals surface area contributed by atoms with E-state index in [9.17, 15) is 0 Å². The van der Waals surface area contributed by atoms with Crippen molar-refractivity contribution < 1.29 is 0 Å². The molecule has 3 aromatic rings. The van der Waals surface area contributed by atoms with E-state index in [-0.39, 0.29) is 6.04 Å². The average molecular weight is 362 g/mol. The molecule has 0 fully saturated rings. The fraction of sp³-hybridized carbons (Fsp3) is 0.188. The molecule has 0 aliphatic heterocycles. The van der Waals surface area contributed by atoms with Crippen LogP contribution in [0.3, 0.4) is 0 Å². The molecule has 1 atom stereocenters. The largest absolute Gasteiger partial charge is 0.305 e. The quantitative estimate of drug-likeness (QED) is 0.722. The molecule has 108 valence electrons. The van der Waals surface area contributed by atoms with Crippen LogP contribution in [0.2, 0.25) is 0 Å². The highest BCUT2D eigenvalue weighted by molar-refractivity contribution is 9.10. The summed E-state index contributed by atoms with van der Waals surface area (Å²) in [4.78, 5) is 1.32. The third-order valence-electron chi connectivity index (χ3n) is 3.38. The summed E-state index contributed by atoms with van der Waals surface area (Å²) in [6.07, 6.45) is 4.00. The van der Waals surface area contributed by atoms with Crippen molar-refractivity contribution in [3.05, 3.63) is 69.1 Å². The Balaban J connectivity index is 1.67. The van der Waals surface area contributed by atoms with E-state index < -0.39 is 0 Å². The van der Waals surface area contributed by atoms with Crippen LogP contribution in [-0.4, -0.2) is 9.78 Å². The summed E-state index contributed by atoms with van der Waals surface area (Å²) in [6, 6.07) is 12.5. The minimum absolute atomic E-state index is 0.261. The fourth-order valence-electron chi connectivity index (χ4n) is 2.10. The summed E-state index contributed by atoms with van der Waals surface area (Å²) in [5.74, 6) is 0. The van der Waals surface area contributed by atoms with Gasteiger partial charge in [-0.1, -0.05) is 18.2 Å². The van der Waals surface area contributed by atoms with Crippen LogP contribution in [0.5, 0.6) is 0 Å². The van der Waals surface area contributed by atoms with Crippen LogP contribution in [0.15, 0.2) is 58.6 Å². The van der Waals surface area contributed by atoms with Gasteiger partial charge < -0.3 is 5.32 Å². The van der Waals surface area contributed by atoms with Crippen molar-refractivity contribution in [3.8, 4) is 5.69 Å². The zero-order chi connectivity index (χ0) is 14.7. The van der Waals surface area contributed by atoms with Gasteiger partial charge in [-0.3, -0.25) is 0 Å². The van der Waals surface area contributed by atoms with Crippen LogP contribution in [0.25, 0.3) is 5.69 Å². The first-order valence-corrected chi connectivity index (χ1v) is 8.46. The first-order valence-electron chi connectivity index (χ1n) is 6.79. The van der Waals surface area contributed by atoms with Crippen molar-refractivity contribution in [2.24, 2.45) is 0 Å². The number of nitrogens with zero attached hydrogens (tertiary/aromatic N) is 2. The predicted octanol–water partition coefficient (Wildman–Crippen LogP) is 4.55. The van der Waals surface area contributed by atoms with E-state index in [1.54, 1.807) is 11.3 Å². The maximum atomic E-state index is 4.44. The normalized spacial score (nSPS) is 12.5. The molecular weight excluding hydrogens is 346 g/mol. The van der Waals surface area contributed by atoms with E-state index in [1.807, 2.05) is 29.1 Å². The molecule has 0 aliphatic carbocycles. The molecule has 2 aromatic heterocycles. The molecule has 1 unspecified atom stereocenters. The summed E-state index contributed by atoms with van der Waals surface area (Å²) >= 11 is 5.32. The van der Waals surface area contributed by atoms with Crippen LogP contribution >= 0.6 is 27.3 Å². The first kappa shape index (κ1) is 14.5. The number of rotatable bonds is 5. The van der Waals surface area contributed by atoms with E-state index in [0.717, 1.165) is 12.2 Å². The smallest absolute Gasteiger partial charge is 0.0645 e.